The zero-order chi connectivity index (χ0) is 20.4. The molecule has 2 heterocycles. The number of carbonyl (C=O) groups is 2. The van der Waals surface area contributed by atoms with Gasteiger partial charge in [-0.15, -0.1) is 0 Å². The van der Waals surface area contributed by atoms with Crippen molar-refractivity contribution in [3.63, 3.8) is 0 Å². The van der Waals surface area contributed by atoms with Crippen molar-refractivity contribution in [3.8, 4) is 0 Å². The Bertz CT molecular complexity index is 1190. The molecule has 0 saturated heterocycles. The fourth-order valence-corrected chi connectivity index (χ4v) is 2.88. The predicted octanol–water partition coefficient (Wildman–Crippen LogP) is 0.829. The van der Waals surface area contributed by atoms with Crippen molar-refractivity contribution in [2.75, 3.05) is 12.4 Å². The molecular formula is C19H18N4O5. The molecule has 0 unspecified atom stereocenters. The highest BCUT2D eigenvalue weighted by atomic mass is 16.5. The summed E-state index contributed by atoms with van der Waals surface area (Å²) in [5, 5.41) is 2.54. The van der Waals surface area contributed by atoms with Gasteiger partial charge in [-0.05, 0) is 25.1 Å². The van der Waals surface area contributed by atoms with Gasteiger partial charge < -0.3 is 10.1 Å². The van der Waals surface area contributed by atoms with Crippen LogP contribution >= 0.6 is 0 Å². The van der Waals surface area contributed by atoms with E-state index in [1.54, 1.807) is 37.3 Å². The average molecular weight is 382 g/mol. The summed E-state index contributed by atoms with van der Waals surface area (Å²) in [7, 11) is 2.61. The summed E-state index contributed by atoms with van der Waals surface area (Å²) in [6.45, 7) is 1.13. The summed E-state index contributed by atoms with van der Waals surface area (Å²) in [5.74, 6) is -1.28. The van der Waals surface area contributed by atoms with E-state index < -0.39 is 29.7 Å². The van der Waals surface area contributed by atoms with Crippen LogP contribution in [0.15, 0.2) is 46.0 Å². The number of fused-ring (bicyclic) bond motifs is 1. The van der Waals surface area contributed by atoms with Crippen LogP contribution in [0.5, 0.6) is 0 Å². The Labute approximate surface area is 159 Å². The molecule has 0 spiro atoms. The van der Waals surface area contributed by atoms with Crippen molar-refractivity contribution in [2.45, 2.75) is 13.5 Å². The number of pyridine rings is 1. The highest BCUT2D eigenvalue weighted by Gasteiger charge is 2.21. The Morgan fingerprint density at radius 3 is 2.50 bits per heavy atom. The summed E-state index contributed by atoms with van der Waals surface area (Å²) < 4.78 is 6.64. The minimum atomic E-state index is -0.783. The third-order valence-corrected chi connectivity index (χ3v) is 4.19. The summed E-state index contributed by atoms with van der Waals surface area (Å²) in [4.78, 5) is 54.3. The molecule has 3 rings (SSSR count). The van der Waals surface area contributed by atoms with Gasteiger partial charge in [0.25, 0.3) is 5.56 Å². The molecule has 1 aromatic carbocycles. The maximum atomic E-state index is 13.0. The van der Waals surface area contributed by atoms with E-state index in [0.29, 0.717) is 11.4 Å². The zero-order valence-electron chi connectivity index (χ0n) is 15.6. The quantitative estimate of drug-likeness (QED) is 0.669. The highest BCUT2D eigenvalue weighted by Crippen LogP contribution is 2.14. The van der Waals surface area contributed by atoms with Crippen LogP contribution in [0.25, 0.3) is 11.0 Å². The SMILES string of the molecule is COC(=O)c1cc(C)nc2c1c(=O)n(CC(=O)Nc1ccccc1)c(=O)n2C. The second-order valence-electron chi connectivity index (χ2n) is 6.15. The largest absolute Gasteiger partial charge is 0.465 e. The molecule has 3 aromatic rings. The first-order valence-corrected chi connectivity index (χ1v) is 8.38. The second-order valence-corrected chi connectivity index (χ2v) is 6.15. The lowest BCUT2D eigenvalue weighted by atomic mass is 10.1. The summed E-state index contributed by atoms with van der Waals surface area (Å²) in [6.07, 6.45) is 0. The van der Waals surface area contributed by atoms with E-state index in [2.05, 4.69) is 10.3 Å². The molecule has 9 heteroatoms. The van der Waals surface area contributed by atoms with Gasteiger partial charge in [-0.1, -0.05) is 18.2 Å². The number of nitrogens with zero attached hydrogens (tertiary/aromatic N) is 3. The number of carbonyl (C=O) groups excluding carboxylic acids is 2. The molecule has 0 fully saturated rings. The van der Waals surface area contributed by atoms with Crippen LogP contribution < -0.4 is 16.6 Å². The fourth-order valence-electron chi connectivity index (χ4n) is 2.88. The Morgan fingerprint density at radius 1 is 1.18 bits per heavy atom. The molecule has 0 aliphatic heterocycles. The maximum Gasteiger partial charge on any atom is 0.338 e. The first kappa shape index (κ1) is 19.0. The van der Waals surface area contributed by atoms with Crippen LogP contribution in [-0.4, -0.2) is 33.1 Å². The van der Waals surface area contributed by atoms with Crippen LogP contribution in [0.2, 0.25) is 0 Å². The first-order chi connectivity index (χ1) is 13.3. The van der Waals surface area contributed by atoms with Gasteiger partial charge in [-0.25, -0.2) is 14.6 Å². The van der Waals surface area contributed by atoms with E-state index in [4.69, 9.17) is 4.74 Å². The Morgan fingerprint density at radius 2 is 1.86 bits per heavy atom. The lowest BCUT2D eigenvalue weighted by molar-refractivity contribution is -0.116. The summed E-state index contributed by atoms with van der Waals surface area (Å²) in [6, 6.07) is 10.1. The van der Waals surface area contributed by atoms with E-state index in [9.17, 15) is 19.2 Å². The van der Waals surface area contributed by atoms with E-state index in [1.165, 1.54) is 20.2 Å². The normalized spacial score (nSPS) is 10.7. The van der Waals surface area contributed by atoms with Crippen molar-refractivity contribution in [2.24, 2.45) is 7.05 Å². The number of amides is 1. The van der Waals surface area contributed by atoms with Gasteiger partial charge in [-0.3, -0.25) is 18.7 Å². The molecule has 0 aliphatic rings. The minimum absolute atomic E-state index is 0.0113. The van der Waals surface area contributed by atoms with Crippen LogP contribution in [-0.2, 0) is 23.1 Å². The number of hydrogen-bond donors (Lipinski definition) is 1. The number of benzene rings is 1. The van der Waals surface area contributed by atoms with Gasteiger partial charge >= 0.3 is 11.7 Å². The third kappa shape index (κ3) is 3.41. The average Bonchev–Trinajstić information content (AvgIpc) is 2.69. The van der Waals surface area contributed by atoms with Crippen molar-refractivity contribution in [1.29, 1.82) is 0 Å². The van der Waals surface area contributed by atoms with E-state index in [-0.39, 0.29) is 16.6 Å². The number of aromatic nitrogens is 3. The van der Waals surface area contributed by atoms with Gasteiger partial charge in [0.15, 0.2) is 0 Å². The number of methoxy groups -OCH3 is 1. The van der Waals surface area contributed by atoms with Crippen LogP contribution in [0.1, 0.15) is 16.1 Å². The first-order valence-electron chi connectivity index (χ1n) is 8.38. The predicted molar refractivity (Wildman–Crippen MR) is 102 cm³/mol. The standard InChI is InChI=1S/C19H18N4O5/c1-11-9-13(18(26)28-3)15-16(20-11)22(2)19(27)23(17(15)25)10-14(24)21-12-7-5-4-6-8-12/h4-9H,10H2,1-3H3,(H,21,24). The van der Waals surface area contributed by atoms with Crippen molar-refractivity contribution in [1.82, 2.24) is 14.1 Å². The van der Waals surface area contributed by atoms with Crippen molar-refractivity contribution in [3.05, 3.63) is 68.5 Å². The smallest absolute Gasteiger partial charge is 0.338 e. The van der Waals surface area contributed by atoms with Gasteiger partial charge in [0.1, 0.15) is 12.2 Å². The Kier molecular flexibility index (Phi) is 5.08. The Hall–Kier alpha value is -3.75. The monoisotopic (exact) mass is 382 g/mol. The molecule has 0 saturated carbocycles. The number of rotatable bonds is 4. The molecule has 0 aliphatic carbocycles. The second kappa shape index (κ2) is 7.47. The molecule has 28 heavy (non-hydrogen) atoms. The number of nitrogens with one attached hydrogen (secondary N) is 1. The molecule has 2 aromatic heterocycles. The number of hydrogen-bond acceptors (Lipinski definition) is 6. The van der Waals surface area contributed by atoms with E-state index in [0.717, 1.165) is 9.13 Å². The van der Waals surface area contributed by atoms with Crippen molar-refractivity contribution < 1.29 is 14.3 Å². The molecule has 9 nitrogen and oxygen atoms in total. The highest BCUT2D eigenvalue weighted by molar-refractivity contribution is 6.02. The molecule has 0 atom stereocenters. The zero-order valence-corrected chi connectivity index (χ0v) is 15.6. The third-order valence-electron chi connectivity index (χ3n) is 4.19. The van der Waals surface area contributed by atoms with Crippen LogP contribution in [0.3, 0.4) is 0 Å². The maximum absolute atomic E-state index is 13.0. The van der Waals surface area contributed by atoms with Gasteiger partial charge in [0, 0.05) is 18.4 Å². The molecular weight excluding hydrogens is 364 g/mol. The molecule has 0 bridgehead atoms. The van der Waals surface area contributed by atoms with Crippen molar-refractivity contribution >= 4 is 28.6 Å². The fraction of sp³-hybridized carbons (Fsp3) is 0.211. The van der Waals surface area contributed by atoms with E-state index in [1.807, 2.05) is 0 Å². The number of ether oxygens (including phenoxy) is 1. The molecule has 1 amide bonds. The molecule has 1 N–H and O–H groups in total. The number of anilines is 1. The summed E-state index contributed by atoms with van der Waals surface area (Å²) >= 11 is 0. The Balaban J connectivity index is 2.14. The van der Waals surface area contributed by atoms with Gasteiger partial charge in [-0.2, -0.15) is 0 Å². The van der Waals surface area contributed by atoms with E-state index >= 15 is 0 Å². The summed E-state index contributed by atoms with van der Waals surface area (Å²) in [5.41, 5.74) is -0.477. The van der Waals surface area contributed by atoms with Gasteiger partial charge in [0.2, 0.25) is 5.91 Å². The molecule has 0 radical (unpaired) electrons. The number of aryl methyl sites for hydroxylation is 2. The lowest BCUT2D eigenvalue weighted by Crippen LogP contribution is -2.42. The topological polar surface area (TPSA) is 112 Å². The number of para-hydroxylation sites is 1. The van der Waals surface area contributed by atoms with Crippen LogP contribution in [0.4, 0.5) is 5.69 Å². The van der Waals surface area contributed by atoms with Crippen LogP contribution in [0, 0.1) is 6.92 Å². The minimum Gasteiger partial charge on any atom is -0.465 e. The molecule has 144 valence electrons. The lowest BCUT2D eigenvalue weighted by Gasteiger charge is -2.13. The number of esters is 1. The van der Waals surface area contributed by atoms with Gasteiger partial charge in [0.05, 0.1) is 18.1 Å².